The molecule has 0 bridgehead atoms. The minimum Gasteiger partial charge on any atom is -0.308 e. The van der Waals surface area contributed by atoms with Gasteiger partial charge in [0.15, 0.2) is 0 Å². The fraction of sp³-hybridized carbons (Fsp3) is 0.688. The van der Waals surface area contributed by atoms with Gasteiger partial charge in [0.25, 0.3) is 0 Å². The van der Waals surface area contributed by atoms with Crippen molar-refractivity contribution in [3.05, 3.63) is 28.5 Å². The molecule has 0 radical (unpaired) electrons. The summed E-state index contributed by atoms with van der Waals surface area (Å²) in [6.45, 7) is 12.2. The summed E-state index contributed by atoms with van der Waals surface area (Å²) >= 11 is 3.45. The van der Waals surface area contributed by atoms with Gasteiger partial charge in [0.2, 0.25) is 0 Å². The third-order valence-electron chi connectivity index (χ3n) is 4.74. The Morgan fingerprint density at radius 1 is 1.30 bits per heavy atom. The van der Waals surface area contributed by atoms with Crippen LogP contribution in [-0.4, -0.2) is 34.1 Å². The lowest BCUT2D eigenvalue weighted by molar-refractivity contribution is 0.0153. The number of pyridine rings is 1. The van der Waals surface area contributed by atoms with E-state index in [1.54, 1.807) is 0 Å². The molecule has 0 saturated carbocycles. The zero-order valence-corrected chi connectivity index (χ0v) is 14.6. The topological polar surface area (TPSA) is 28.2 Å². The number of hydrogen-bond acceptors (Lipinski definition) is 3. The Labute approximate surface area is 131 Å². The van der Waals surface area contributed by atoms with Crippen LogP contribution in [0.4, 0.5) is 0 Å². The standard InChI is InChI=1S/C16H26BrN3/c1-5-16(6-2)12-20(15(3,4)11-19-16)10-14-8-7-13(17)9-18-14/h7-9,19H,5-6,10-12H2,1-4H3. The zero-order chi connectivity index (χ0) is 14.8. The second kappa shape index (κ2) is 6.12. The van der Waals surface area contributed by atoms with Crippen LogP contribution in [0.15, 0.2) is 22.8 Å². The number of nitrogens with zero attached hydrogens (tertiary/aromatic N) is 2. The minimum absolute atomic E-state index is 0.169. The summed E-state index contributed by atoms with van der Waals surface area (Å²) in [5.41, 5.74) is 1.57. The Bertz CT molecular complexity index is 438. The van der Waals surface area contributed by atoms with E-state index in [2.05, 4.69) is 71.0 Å². The smallest absolute Gasteiger partial charge is 0.0545 e. The van der Waals surface area contributed by atoms with Crippen LogP contribution in [0.1, 0.15) is 46.2 Å². The lowest BCUT2D eigenvalue weighted by Crippen LogP contribution is -2.67. The first-order chi connectivity index (χ1) is 9.41. The van der Waals surface area contributed by atoms with Gasteiger partial charge >= 0.3 is 0 Å². The average molecular weight is 340 g/mol. The summed E-state index contributed by atoms with van der Waals surface area (Å²) in [5, 5.41) is 3.78. The number of halogens is 1. The Balaban J connectivity index is 2.15. The Hall–Kier alpha value is -0.450. The zero-order valence-electron chi connectivity index (χ0n) is 13.0. The molecule has 4 heteroatoms. The normalized spacial score (nSPS) is 21.9. The highest BCUT2D eigenvalue weighted by Gasteiger charge is 2.40. The highest BCUT2D eigenvalue weighted by Crippen LogP contribution is 2.29. The van der Waals surface area contributed by atoms with Crippen molar-refractivity contribution in [1.29, 1.82) is 0 Å². The second-order valence-corrected chi connectivity index (χ2v) is 7.39. The second-order valence-electron chi connectivity index (χ2n) is 6.48. The van der Waals surface area contributed by atoms with E-state index in [-0.39, 0.29) is 11.1 Å². The summed E-state index contributed by atoms with van der Waals surface area (Å²) < 4.78 is 1.04. The van der Waals surface area contributed by atoms with E-state index in [9.17, 15) is 0 Å². The Morgan fingerprint density at radius 2 is 2.00 bits per heavy atom. The first kappa shape index (κ1) is 15.9. The number of nitrogens with one attached hydrogen (secondary N) is 1. The van der Waals surface area contributed by atoms with E-state index in [1.807, 2.05) is 6.20 Å². The molecule has 1 aromatic rings. The van der Waals surface area contributed by atoms with Gasteiger partial charge in [-0.1, -0.05) is 13.8 Å². The molecule has 2 heterocycles. The van der Waals surface area contributed by atoms with Gasteiger partial charge in [-0.25, -0.2) is 0 Å². The summed E-state index contributed by atoms with van der Waals surface area (Å²) in [4.78, 5) is 7.10. The van der Waals surface area contributed by atoms with Gasteiger partial charge in [0.1, 0.15) is 0 Å². The van der Waals surface area contributed by atoms with Crippen molar-refractivity contribution in [2.24, 2.45) is 0 Å². The molecule has 0 amide bonds. The molecule has 1 saturated heterocycles. The molecule has 1 aliphatic rings. The number of piperazine rings is 1. The predicted octanol–water partition coefficient (Wildman–Crippen LogP) is 3.59. The molecule has 0 aliphatic carbocycles. The van der Waals surface area contributed by atoms with Crippen molar-refractivity contribution < 1.29 is 0 Å². The van der Waals surface area contributed by atoms with Crippen molar-refractivity contribution in [2.75, 3.05) is 13.1 Å². The summed E-state index contributed by atoms with van der Waals surface area (Å²) in [5.74, 6) is 0. The molecular formula is C16H26BrN3. The molecule has 3 nitrogen and oxygen atoms in total. The highest BCUT2D eigenvalue weighted by molar-refractivity contribution is 9.10. The molecule has 0 aromatic carbocycles. The maximum absolute atomic E-state index is 4.53. The predicted molar refractivity (Wildman–Crippen MR) is 87.7 cm³/mol. The molecule has 1 aliphatic heterocycles. The molecule has 0 unspecified atom stereocenters. The quantitative estimate of drug-likeness (QED) is 0.908. The number of aromatic nitrogens is 1. The van der Waals surface area contributed by atoms with E-state index in [4.69, 9.17) is 0 Å². The van der Waals surface area contributed by atoms with Gasteiger partial charge in [-0.2, -0.15) is 0 Å². The molecule has 0 atom stereocenters. The third-order valence-corrected chi connectivity index (χ3v) is 5.21. The molecule has 20 heavy (non-hydrogen) atoms. The van der Waals surface area contributed by atoms with Gasteiger partial charge in [-0.15, -0.1) is 0 Å². The summed E-state index contributed by atoms with van der Waals surface area (Å²) in [6, 6.07) is 4.19. The first-order valence-corrected chi connectivity index (χ1v) is 8.30. The molecular weight excluding hydrogens is 314 g/mol. The lowest BCUT2D eigenvalue weighted by atomic mass is 9.85. The van der Waals surface area contributed by atoms with Gasteiger partial charge in [-0.3, -0.25) is 9.88 Å². The van der Waals surface area contributed by atoms with Crippen molar-refractivity contribution in [1.82, 2.24) is 15.2 Å². The summed E-state index contributed by atoms with van der Waals surface area (Å²) in [7, 11) is 0. The largest absolute Gasteiger partial charge is 0.308 e. The maximum atomic E-state index is 4.53. The SMILES string of the molecule is CCC1(CC)CN(Cc2ccc(Br)cn2)C(C)(C)CN1. The fourth-order valence-electron chi connectivity index (χ4n) is 2.84. The van der Waals surface area contributed by atoms with Gasteiger partial charge in [0.05, 0.1) is 5.69 Å². The number of rotatable bonds is 4. The van der Waals surface area contributed by atoms with Crippen LogP contribution in [0.3, 0.4) is 0 Å². The summed E-state index contributed by atoms with van der Waals surface area (Å²) in [6.07, 6.45) is 4.23. The van der Waals surface area contributed by atoms with E-state index in [0.717, 1.165) is 29.8 Å². The monoisotopic (exact) mass is 339 g/mol. The van der Waals surface area contributed by atoms with Gasteiger partial charge in [-0.05, 0) is 54.8 Å². The van der Waals surface area contributed by atoms with Crippen LogP contribution < -0.4 is 5.32 Å². The molecule has 2 rings (SSSR count). The fourth-order valence-corrected chi connectivity index (χ4v) is 3.07. The van der Waals surface area contributed by atoms with E-state index in [1.165, 1.54) is 12.8 Å². The molecule has 1 fully saturated rings. The van der Waals surface area contributed by atoms with Crippen LogP contribution in [-0.2, 0) is 6.54 Å². The van der Waals surface area contributed by atoms with Crippen molar-refractivity contribution >= 4 is 15.9 Å². The van der Waals surface area contributed by atoms with Crippen molar-refractivity contribution in [3.8, 4) is 0 Å². The third kappa shape index (κ3) is 3.41. The molecule has 1 N–H and O–H groups in total. The van der Waals surface area contributed by atoms with Crippen LogP contribution in [0.2, 0.25) is 0 Å². The van der Waals surface area contributed by atoms with E-state index in [0.29, 0.717) is 0 Å². The Morgan fingerprint density at radius 3 is 2.55 bits per heavy atom. The van der Waals surface area contributed by atoms with Crippen molar-refractivity contribution in [3.63, 3.8) is 0 Å². The lowest BCUT2D eigenvalue weighted by Gasteiger charge is -2.51. The van der Waals surface area contributed by atoms with Gasteiger partial charge < -0.3 is 5.32 Å². The van der Waals surface area contributed by atoms with Crippen LogP contribution >= 0.6 is 15.9 Å². The minimum atomic E-state index is 0.169. The number of hydrogen-bond donors (Lipinski definition) is 1. The highest BCUT2D eigenvalue weighted by atomic mass is 79.9. The van der Waals surface area contributed by atoms with E-state index >= 15 is 0 Å². The maximum Gasteiger partial charge on any atom is 0.0545 e. The molecule has 1 aromatic heterocycles. The average Bonchev–Trinajstić information content (AvgIpc) is 2.44. The molecule has 0 spiro atoms. The van der Waals surface area contributed by atoms with E-state index < -0.39 is 0 Å². The van der Waals surface area contributed by atoms with Crippen LogP contribution in [0, 0.1) is 0 Å². The molecule has 112 valence electrons. The van der Waals surface area contributed by atoms with Crippen LogP contribution in [0.25, 0.3) is 0 Å². The van der Waals surface area contributed by atoms with Crippen LogP contribution in [0.5, 0.6) is 0 Å². The van der Waals surface area contributed by atoms with Crippen molar-refractivity contribution in [2.45, 2.75) is 58.2 Å². The first-order valence-electron chi connectivity index (χ1n) is 7.51. The van der Waals surface area contributed by atoms with Gasteiger partial charge in [0, 0.05) is 41.4 Å². The Kier molecular flexibility index (Phi) is 4.88.